The van der Waals surface area contributed by atoms with Gasteiger partial charge in [0, 0.05) is 31.6 Å². The van der Waals surface area contributed by atoms with Crippen molar-refractivity contribution in [2.75, 3.05) is 43.9 Å². The van der Waals surface area contributed by atoms with E-state index < -0.39 is 0 Å². The molecule has 20 heavy (non-hydrogen) atoms. The van der Waals surface area contributed by atoms with Gasteiger partial charge in [-0.15, -0.1) is 0 Å². The highest BCUT2D eigenvalue weighted by Crippen LogP contribution is 2.36. The zero-order valence-corrected chi connectivity index (χ0v) is 12.0. The van der Waals surface area contributed by atoms with E-state index >= 15 is 0 Å². The molecular formula is C14H23N5O. The van der Waals surface area contributed by atoms with Gasteiger partial charge in [-0.05, 0) is 32.9 Å². The van der Waals surface area contributed by atoms with Crippen molar-refractivity contribution in [1.82, 2.24) is 14.9 Å². The van der Waals surface area contributed by atoms with Gasteiger partial charge in [0.15, 0.2) is 0 Å². The summed E-state index contributed by atoms with van der Waals surface area (Å²) in [5, 5.41) is 9.44. The minimum absolute atomic E-state index is 0.175. The van der Waals surface area contributed by atoms with E-state index in [2.05, 4.69) is 32.9 Å². The van der Waals surface area contributed by atoms with Gasteiger partial charge in [-0.25, -0.2) is 4.98 Å². The Bertz CT molecular complexity index is 475. The Hall–Kier alpha value is -1.40. The molecule has 1 aromatic rings. The summed E-state index contributed by atoms with van der Waals surface area (Å²) in [5.74, 6) is 1.62. The lowest BCUT2D eigenvalue weighted by molar-refractivity contribution is 0.0732. The second kappa shape index (κ2) is 5.54. The number of hydrogen-bond acceptors (Lipinski definition) is 6. The Balaban J connectivity index is 1.78. The van der Waals surface area contributed by atoms with E-state index in [0.29, 0.717) is 11.9 Å². The van der Waals surface area contributed by atoms with Crippen molar-refractivity contribution in [3.8, 4) is 0 Å². The van der Waals surface area contributed by atoms with E-state index in [1.54, 1.807) is 0 Å². The van der Waals surface area contributed by atoms with Crippen LogP contribution in [0.3, 0.4) is 0 Å². The highest BCUT2D eigenvalue weighted by molar-refractivity contribution is 5.45. The topological polar surface area (TPSA) is 78.5 Å². The van der Waals surface area contributed by atoms with Crippen LogP contribution in [-0.4, -0.2) is 59.3 Å². The third kappa shape index (κ3) is 2.86. The van der Waals surface area contributed by atoms with Crippen LogP contribution in [0.1, 0.15) is 30.9 Å². The van der Waals surface area contributed by atoms with Crippen molar-refractivity contribution in [1.29, 1.82) is 0 Å². The lowest BCUT2D eigenvalue weighted by atomic mass is 9.80. The second-order valence-electron chi connectivity index (χ2n) is 5.98. The molecule has 0 amide bonds. The molecule has 1 aliphatic heterocycles. The van der Waals surface area contributed by atoms with Gasteiger partial charge in [0.1, 0.15) is 5.82 Å². The average Bonchev–Trinajstić information content (AvgIpc) is 2.59. The summed E-state index contributed by atoms with van der Waals surface area (Å²) in [6.45, 7) is 4.15. The monoisotopic (exact) mass is 277 g/mol. The van der Waals surface area contributed by atoms with Gasteiger partial charge in [0.05, 0.1) is 11.8 Å². The van der Waals surface area contributed by atoms with Crippen molar-refractivity contribution in [3.63, 3.8) is 0 Å². The number of hydrogen-bond donors (Lipinski definition) is 2. The van der Waals surface area contributed by atoms with Crippen molar-refractivity contribution >= 4 is 11.8 Å². The van der Waals surface area contributed by atoms with Gasteiger partial charge >= 0.3 is 0 Å². The van der Waals surface area contributed by atoms with Crippen LogP contribution >= 0.6 is 0 Å². The summed E-state index contributed by atoms with van der Waals surface area (Å²) in [6.07, 6.45) is 2.54. The number of anilines is 2. The number of likely N-dealkylation sites (N-methyl/N-ethyl adjacent to an activating group) is 1. The van der Waals surface area contributed by atoms with Crippen LogP contribution in [0, 0.1) is 0 Å². The number of nitrogens with zero attached hydrogens (tertiary/aromatic N) is 4. The lowest BCUT2D eigenvalue weighted by Gasteiger charge is -2.31. The normalized spacial score (nSPS) is 28.0. The molecule has 0 aromatic carbocycles. The van der Waals surface area contributed by atoms with Crippen molar-refractivity contribution in [2.24, 2.45) is 0 Å². The lowest BCUT2D eigenvalue weighted by Crippen LogP contribution is -2.31. The standard InChI is InChI=1S/C14H23N5O/c1-18-3-2-4-19(6-5-18)13-9-12(16-14(15)17-13)10-7-11(20)8-10/h9-11,20H,2-8H2,1H3,(H2,15,16,17). The van der Waals surface area contributed by atoms with Crippen molar-refractivity contribution < 1.29 is 5.11 Å². The maximum atomic E-state index is 9.44. The fourth-order valence-corrected chi connectivity index (χ4v) is 2.95. The Labute approximate surface area is 119 Å². The number of aliphatic hydroxyl groups is 1. The molecule has 1 saturated heterocycles. The number of rotatable bonds is 2. The van der Waals surface area contributed by atoms with Crippen molar-refractivity contribution in [2.45, 2.75) is 31.3 Å². The van der Waals surface area contributed by atoms with Crippen LogP contribution in [0.25, 0.3) is 0 Å². The minimum atomic E-state index is -0.175. The Kier molecular flexibility index (Phi) is 3.76. The fourth-order valence-electron chi connectivity index (χ4n) is 2.95. The Morgan fingerprint density at radius 2 is 2.00 bits per heavy atom. The molecule has 0 spiro atoms. The van der Waals surface area contributed by atoms with Gasteiger partial charge in [-0.1, -0.05) is 0 Å². The molecule has 6 heteroatoms. The van der Waals surface area contributed by atoms with Gasteiger partial charge in [0.2, 0.25) is 5.95 Å². The van der Waals surface area contributed by atoms with E-state index in [4.69, 9.17) is 5.73 Å². The molecule has 1 aromatic heterocycles. The third-order valence-electron chi connectivity index (χ3n) is 4.32. The summed E-state index contributed by atoms with van der Waals surface area (Å²) < 4.78 is 0. The molecule has 1 aliphatic carbocycles. The third-order valence-corrected chi connectivity index (χ3v) is 4.32. The van der Waals surface area contributed by atoms with Crippen LogP contribution in [0.5, 0.6) is 0 Å². The maximum Gasteiger partial charge on any atom is 0.222 e. The molecule has 0 bridgehead atoms. The summed E-state index contributed by atoms with van der Waals surface area (Å²) >= 11 is 0. The quantitative estimate of drug-likeness (QED) is 0.816. The SMILES string of the molecule is CN1CCCN(c2cc(C3CC(O)C3)nc(N)n2)CC1. The molecule has 0 atom stereocenters. The zero-order valence-electron chi connectivity index (χ0n) is 12.0. The molecule has 0 unspecified atom stereocenters. The average molecular weight is 277 g/mol. The summed E-state index contributed by atoms with van der Waals surface area (Å²) in [4.78, 5) is 13.4. The van der Waals surface area contributed by atoms with E-state index in [0.717, 1.165) is 57.0 Å². The summed E-state index contributed by atoms with van der Waals surface area (Å²) in [5.41, 5.74) is 6.84. The summed E-state index contributed by atoms with van der Waals surface area (Å²) in [6, 6.07) is 2.05. The van der Waals surface area contributed by atoms with Crippen LogP contribution in [0.2, 0.25) is 0 Å². The van der Waals surface area contributed by atoms with Crippen LogP contribution in [0.4, 0.5) is 11.8 Å². The number of aliphatic hydroxyl groups excluding tert-OH is 1. The molecule has 2 aliphatic rings. The first-order chi connectivity index (χ1) is 9.61. The number of nitrogens with two attached hydrogens (primary N) is 1. The molecule has 2 fully saturated rings. The van der Waals surface area contributed by atoms with Gasteiger partial charge in [-0.3, -0.25) is 0 Å². The Morgan fingerprint density at radius 3 is 2.75 bits per heavy atom. The minimum Gasteiger partial charge on any atom is -0.393 e. The maximum absolute atomic E-state index is 9.44. The largest absolute Gasteiger partial charge is 0.393 e. The molecule has 0 radical (unpaired) electrons. The molecule has 3 rings (SSSR count). The first-order valence-corrected chi connectivity index (χ1v) is 7.38. The zero-order chi connectivity index (χ0) is 14.1. The first-order valence-electron chi connectivity index (χ1n) is 7.38. The molecule has 1 saturated carbocycles. The first kappa shape index (κ1) is 13.6. The Morgan fingerprint density at radius 1 is 1.20 bits per heavy atom. The van der Waals surface area contributed by atoms with E-state index in [1.807, 2.05) is 0 Å². The molecule has 3 N–H and O–H groups in total. The second-order valence-corrected chi connectivity index (χ2v) is 5.98. The van der Waals surface area contributed by atoms with Crippen LogP contribution in [0.15, 0.2) is 6.07 Å². The van der Waals surface area contributed by atoms with Gasteiger partial charge in [0.25, 0.3) is 0 Å². The van der Waals surface area contributed by atoms with Gasteiger partial charge in [-0.2, -0.15) is 4.98 Å². The van der Waals surface area contributed by atoms with Crippen LogP contribution in [-0.2, 0) is 0 Å². The predicted octanol–water partition coefficient (Wildman–Crippen LogP) is 0.439. The number of aromatic nitrogens is 2. The van der Waals surface area contributed by atoms with E-state index in [1.165, 1.54) is 0 Å². The summed E-state index contributed by atoms with van der Waals surface area (Å²) in [7, 11) is 2.15. The molecule has 110 valence electrons. The van der Waals surface area contributed by atoms with Crippen LogP contribution < -0.4 is 10.6 Å². The fraction of sp³-hybridized carbons (Fsp3) is 0.714. The highest BCUT2D eigenvalue weighted by Gasteiger charge is 2.30. The predicted molar refractivity (Wildman–Crippen MR) is 78.8 cm³/mol. The van der Waals surface area contributed by atoms with E-state index in [-0.39, 0.29) is 6.10 Å². The van der Waals surface area contributed by atoms with Crippen molar-refractivity contribution in [3.05, 3.63) is 11.8 Å². The van der Waals surface area contributed by atoms with Gasteiger partial charge < -0.3 is 20.6 Å². The molecule has 2 heterocycles. The van der Waals surface area contributed by atoms with E-state index in [9.17, 15) is 5.11 Å². The molecular weight excluding hydrogens is 254 g/mol. The highest BCUT2D eigenvalue weighted by atomic mass is 16.3. The number of nitrogen functional groups attached to an aromatic ring is 1. The molecule has 6 nitrogen and oxygen atoms in total. The smallest absolute Gasteiger partial charge is 0.222 e.